The van der Waals surface area contributed by atoms with Crippen LogP contribution in [0.3, 0.4) is 0 Å². The monoisotopic (exact) mass is 519 g/mol. The molecule has 0 aliphatic rings. The van der Waals surface area contributed by atoms with Crippen LogP contribution in [0.15, 0.2) is 46.0 Å². The molecule has 37 heavy (non-hydrogen) atoms. The number of hydrogen-bond acceptors (Lipinski definition) is 2. The summed E-state index contributed by atoms with van der Waals surface area (Å²) in [4.78, 5) is 28.2. The van der Waals surface area contributed by atoms with Crippen molar-refractivity contribution in [1.82, 2.24) is 4.57 Å². The molecule has 3 nitrogen and oxygen atoms in total. The van der Waals surface area contributed by atoms with Gasteiger partial charge in [-0.1, -0.05) is 93.0 Å². The van der Waals surface area contributed by atoms with Crippen molar-refractivity contribution in [2.24, 2.45) is 0 Å². The highest BCUT2D eigenvalue weighted by molar-refractivity contribution is 6.91. The third-order valence-corrected chi connectivity index (χ3v) is 13.0. The fourth-order valence-electron chi connectivity index (χ4n) is 7.03. The van der Waals surface area contributed by atoms with Gasteiger partial charge in [-0.25, -0.2) is 0 Å². The third-order valence-electron chi connectivity index (χ3n) is 8.93. The van der Waals surface area contributed by atoms with E-state index in [1.54, 1.807) is 0 Å². The molecule has 0 amide bonds. The summed E-state index contributed by atoms with van der Waals surface area (Å²) < 4.78 is 1.54. The summed E-state index contributed by atoms with van der Waals surface area (Å²) in [5.74, 6) is 0. The molecule has 6 aromatic carbocycles. The van der Waals surface area contributed by atoms with Crippen molar-refractivity contribution in [2.75, 3.05) is 0 Å². The molecule has 0 aliphatic carbocycles. The summed E-state index contributed by atoms with van der Waals surface area (Å²) in [5.41, 5.74) is -0.232. The van der Waals surface area contributed by atoms with E-state index >= 15 is 0 Å². The molecule has 0 bridgehead atoms. The number of nitrogens with zero attached hydrogens (tertiary/aromatic N) is 1. The van der Waals surface area contributed by atoms with Crippen LogP contribution in [0.4, 0.5) is 0 Å². The Morgan fingerprint density at radius 3 is 1.41 bits per heavy atom. The molecule has 1 atom stereocenters. The van der Waals surface area contributed by atoms with Gasteiger partial charge in [0.15, 0.2) is 0 Å². The molecule has 0 aliphatic heterocycles. The zero-order valence-corrected chi connectivity index (χ0v) is 25.0. The van der Waals surface area contributed by atoms with Gasteiger partial charge in [0.25, 0.3) is 11.1 Å². The maximum atomic E-state index is 14.1. The predicted octanol–water partition coefficient (Wildman–Crippen LogP) is 6.94. The first-order chi connectivity index (χ1) is 17.4. The smallest absolute Gasteiger partial charge is 0.262 e. The SMILES string of the molecule is CCC(C)n1c(=O)c2c3cc([Si](C)(C)C)c4ccc5ccc6c([Si](C)(C)C)cc(c2c1=O)c1c6c5c4c31. The van der Waals surface area contributed by atoms with E-state index in [1.165, 1.54) is 58.0 Å². The summed E-state index contributed by atoms with van der Waals surface area (Å²) >= 11 is 0. The maximum absolute atomic E-state index is 14.1. The molecule has 1 heterocycles. The van der Waals surface area contributed by atoms with E-state index < -0.39 is 16.1 Å². The van der Waals surface area contributed by atoms with E-state index in [4.69, 9.17) is 0 Å². The van der Waals surface area contributed by atoms with Crippen molar-refractivity contribution >= 4 is 91.2 Å². The van der Waals surface area contributed by atoms with Crippen molar-refractivity contribution in [2.45, 2.75) is 65.6 Å². The molecule has 0 N–H and O–H groups in total. The minimum atomic E-state index is -1.77. The standard InChI is InChI=1S/C32H33NO2Si2/c1-9-16(2)33-31(34)29-20-14-22(36(3,4)5)18-12-10-17-11-13-19-23(37(6,7)8)15-21(30(29)32(33)35)28-26(19)24(17)25(18)27(20)28/h10-16H,9H2,1-8H3. The Morgan fingerprint density at radius 2 is 1.03 bits per heavy atom. The fourth-order valence-corrected chi connectivity index (χ4v) is 10.2. The van der Waals surface area contributed by atoms with Crippen molar-refractivity contribution in [3.8, 4) is 0 Å². The van der Waals surface area contributed by atoms with Gasteiger partial charge in [-0.05, 0) is 67.2 Å². The topological polar surface area (TPSA) is 39.1 Å². The van der Waals surface area contributed by atoms with Crippen molar-refractivity contribution in [1.29, 1.82) is 0 Å². The summed E-state index contributed by atoms with van der Waals surface area (Å²) in [6.45, 7) is 18.3. The first kappa shape index (κ1) is 23.1. The predicted molar refractivity (Wildman–Crippen MR) is 168 cm³/mol. The lowest BCUT2D eigenvalue weighted by atomic mass is 9.95. The van der Waals surface area contributed by atoms with Crippen LogP contribution in [0.5, 0.6) is 0 Å². The molecule has 186 valence electrons. The lowest BCUT2D eigenvalue weighted by molar-refractivity contribution is 0.510. The number of aromatic nitrogens is 1. The minimum Gasteiger partial charge on any atom is -0.271 e. The molecule has 0 saturated carbocycles. The molecule has 0 fully saturated rings. The fraction of sp³-hybridized carbons (Fsp3) is 0.312. The molecule has 7 rings (SSSR count). The highest BCUT2D eigenvalue weighted by Crippen LogP contribution is 2.49. The van der Waals surface area contributed by atoms with E-state index in [9.17, 15) is 9.59 Å². The number of rotatable bonds is 4. The molecule has 7 aromatic rings. The minimum absolute atomic E-state index is 0.116. The van der Waals surface area contributed by atoms with Gasteiger partial charge in [-0.15, -0.1) is 0 Å². The van der Waals surface area contributed by atoms with Crippen molar-refractivity contribution < 1.29 is 0 Å². The second kappa shape index (κ2) is 6.88. The summed E-state index contributed by atoms with van der Waals surface area (Å²) in [6.07, 6.45) is 0.748. The van der Waals surface area contributed by atoms with Crippen LogP contribution in [-0.4, -0.2) is 20.7 Å². The van der Waals surface area contributed by atoms with Crippen LogP contribution in [0, 0.1) is 0 Å². The quantitative estimate of drug-likeness (QED) is 0.187. The largest absolute Gasteiger partial charge is 0.271 e. The Morgan fingerprint density at radius 1 is 0.622 bits per heavy atom. The van der Waals surface area contributed by atoms with E-state index in [1.807, 2.05) is 13.8 Å². The average molecular weight is 520 g/mol. The molecular weight excluding hydrogens is 487 g/mol. The van der Waals surface area contributed by atoms with E-state index in [0.717, 1.165) is 17.2 Å². The Bertz CT molecular complexity index is 2000. The molecule has 1 aromatic heterocycles. The maximum Gasteiger partial charge on any atom is 0.262 e. The highest BCUT2D eigenvalue weighted by Gasteiger charge is 2.32. The summed E-state index contributed by atoms with van der Waals surface area (Å²) in [7, 11) is -3.54. The lowest BCUT2D eigenvalue weighted by Gasteiger charge is -2.21. The second-order valence-corrected chi connectivity index (χ2v) is 23.3. The van der Waals surface area contributed by atoms with Crippen LogP contribution in [0.25, 0.3) is 64.6 Å². The third kappa shape index (κ3) is 2.66. The number of hydrogen-bond donors (Lipinski definition) is 0. The van der Waals surface area contributed by atoms with E-state index in [-0.39, 0.29) is 17.2 Å². The van der Waals surface area contributed by atoms with Gasteiger partial charge in [-0.3, -0.25) is 14.2 Å². The van der Waals surface area contributed by atoms with Gasteiger partial charge in [-0.2, -0.15) is 0 Å². The summed E-state index contributed by atoms with van der Waals surface area (Å²) in [5, 5.41) is 16.2. The van der Waals surface area contributed by atoms with Crippen LogP contribution in [0.2, 0.25) is 39.3 Å². The molecule has 5 heteroatoms. The summed E-state index contributed by atoms with van der Waals surface area (Å²) in [6, 6.07) is 13.6. The van der Waals surface area contributed by atoms with E-state index in [2.05, 4.69) is 75.7 Å². The van der Waals surface area contributed by atoms with Gasteiger partial charge in [0.1, 0.15) is 0 Å². The normalized spacial score (nSPS) is 14.7. The Labute approximate surface area is 218 Å². The van der Waals surface area contributed by atoms with Gasteiger partial charge < -0.3 is 0 Å². The van der Waals surface area contributed by atoms with Gasteiger partial charge >= 0.3 is 0 Å². The first-order valence-electron chi connectivity index (χ1n) is 13.5. The molecular formula is C32H33NO2Si2. The van der Waals surface area contributed by atoms with Crippen molar-refractivity contribution in [3.63, 3.8) is 0 Å². The van der Waals surface area contributed by atoms with Gasteiger partial charge in [0.2, 0.25) is 0 Å². The Balaban J connectivity index is 1.94. The Hall–Kier alpha value is -3.03. The lowest BCUT2D eigenvalue weighted by Crippen LogP contribution is -2.38. The molecule has 0 spiro atoms. The number of benzene rings is 5. The van der Waals surface area contributed by atoms with Crippen LogP contribution in [-0.2, 0) is 0 Å². The zero-order valence-electron chi connectivity index (χ0n) is 23.0. The van der Waals surface area contributed by atoms with Crippen LogP contribution < -0.4 is 21.5 Å². The van der Waals surface area contributed by atoms with Crippen LogP contribution in [0.1, 0.15) is 26.3 Å². The molecule has 0 saturated heterocycles. The molecule has 1 unspecified atom stereocenters. The zero-order chi connectivity index (χ0) is 26.3. The van der Waals surface area contributed by atoms with E-state index in [0.29, 0.717) is 10.8 Å². The van der Waals surface area contributed by atoms with Crippen LogP contribution >= 0.6 is 0 Å². The first-order valence-corrected chi connectivity index (χ1v) is 20.5. The average Bonchev–Trinajstić information content (AvgIpc) is 3.32. The van der Waals surface area contributed by atoms with Gasteiger partial charge in [0.05, 0.1) is 26.9 Å². The number of fused-ring (bicyclic) bond motifs is 3. The molecule has 0 radical (unpaired) electrons. The highest BCUT2D eigenvalue weighted by atomic mass is 28.3. The van der Waals surface area contributed by atoms with Crippen molar-refractivity contribution in [3.05, 3.63) is 57.1 Å². The van der Waals surface area contributed by atoms with Gasteiger partial charge in [0, 0.05) is 6.04 Å². The second-order valence-electron chi connectivity index (χ2n) is 13.3. The Kier molecular flexibility index (Phi) is 4.30.